The fourth-order valence-corrected chi connectivity index (χ4v) is 3.26. The van der Waals surface area contributed by atoms with E-state index < -0.39 is 0 Å². The van der Waals surface area contributed by atoms with Crippen LogP contribution in [0, 0.1) is 6.92 Å². The van der Waals surface area contributed by atoms with Gasteiger partial charge in [-0.25, -0.2) is 0 Å². The Morgan fingerprint density at radius 3 is 2.50 bits per heavy atom. The lowest BCUT2D eigenvalue weighted by atomic mass is 10.00. The third-order valence-corrected chi connectivity index (χ3v) is 4.74. The molecule has 1 aromatic heterocycles. The molecule has 0 saturated carbocycles. The molecule has 1 amide bonds. The number of amides is 1. The minimum atomic E-state index is -0.169. The first-order valence-electron chi connectivity index (χ1n) is 8.73. The number of nitrogens with zero attached hydrogens (tertiary/aromatic N) is 3. The maximum atomic E-state index is 12.4. The molecule has 26 heavy (non-hydrogen) atoms. The van der Waals surface area contributed by atoms with Crippen LogP contribution in [-0.4, -0.2) is 22.6 Å². The van der Waals surface area contributed by atoms with Gasteiger partial charge in [0.1, 0.15) is 0 Å². The third kappa shape index (κ3) is 3.28. The van der Waals surface area contributed by atoms with E-state index in [0.717, 1.165) is 30.9 Å². The van der Waals surface area contributed by atoms with Crippen molar-refractivity contribution >= 4 is 17.5 Å². The van der Waals surface area contributed by atoms with Crippen LogP contribution >= 0.6 is 0 Å². The average Bonchev–Trinajstić information content (AvgIpc) is 2.68. The van der Waals surface area contributed by atoms with Gasteiger partial charge in [0.05, 0.1) is 0 Å². The van der Waals surface area contributed by atoms with Crippen LogP contribution in [0.25, 0.3) is 0 Å². The van der Waals surface area contributed by atoms with E-state index in [-0.39, 0.29) is 5.91 Å². The summed E-state index contributed by atoms with van der Waals surface area (Å²) in [6.07, 6.45) is 1.00. The van der Waals surface area contributed by atoms with Gasteiger partial charge in [0.2, 0.25) is 0 Å². The summed E-state index contributed by atoms with van der Waals surface area (Å²) in [5.41, 5.74) is 4.31. The van der Waals surface area contributed by atoms with Gasteiger partial charge in [-0.2, -0.15) is 0 Å². The fourth-order valence-electron chi connectivity index (χ4n) is 3.26. The summed E-state index contributed by atoms with van der Waals surface area (Å²) in [6, 6.07) is 19.7. The second-order valence-corrected chi connectivity index (χ2v) is 6.49. The number of aryl methyl sites for hydroxylation is 1. The number of benzene rings is 2. The van der Waals surface area contributed by atoms with Crippen LogP contribution in [0.2, 0.25) is 0 Å². The first-order valence-corrected chi connectivity index (χ1v) is 8.73. The molecule has 0 radical (unpaired) electrons. The van der Waals surface area contributed by atoms with Gasteiger partial charge in [-0.15, -0.1) is 10.2 Å². The molecular formula is C21H20N4O. The quantitative estimate of drug-likeness (QED) is 0.789. The van der Waals surface area contributed by atoms with E-state index in [1.165, 1.54) is 11.1 Å². The molecule has 1 aliphatic heterocycles. The standard InChI is InChI=1S/C21H20N4O/c1-15-6-2-5-9-18(15)21(26)22-19-10-11-20(24-23-19)25-13-12-16-7-3-4-8-17(16)14-25/h2-11H,12-14H2,1H3,(H,22,23,26). The van der Waals surface area contributed by atoms with Gasteiger partial charge >= 0.3 is 0 Å². The molecular weight excluding hydrogens is 324 g/mol. The zero-order valence-corrected chi connectivity index (χ0v) is 14.6. The smallest absolute Gasteiger partial charge is 0.257 e. The van der Waals surface area contributed by atoms with E-state index in [2.05, 4.69) is 44.7 Å². The van der Waals surface area contributed by atoms with Crippen LogP contribution in [0.4, 0.5) is 11.6 Å². The van der Waals surface area contributed by atoms with Crippen molar-refractivity contribution in [3.63, 3.8) is 0 Å². The van der Waals surface area contributed by atoms with Gasteiger partial charge in [-0.3, -0.25) is 4.79 Å². The third-order valence-electron chi connectivity index (χ3n) is 4.74. The van der Waals surface area contributed by atoms with E-state index >= 15 is 0 Å². The first kappa shape index (κ1) is 16.3. The Bertz CT molecular complexity index is 937. The maximum Gasteiger partial charge on any atom is 0.257 e. The number of hydrogen-bond donors (Lipinski definition) is 1. The lowest BCUT2D eigenvalue weighted by Crippen LogP contribution is -2.31. The zero-order valence-electron chi connectivity index (χ0n) is 14.6. The molecule has 0 fully saturated rings. The molecule has 0 bridgehead atoms. The van der Waals surface area contributed by atoms with Gasteiger partial charge in [0, 0.05) is 18.7 Å². The highest BCUT2D eigenvalue weighted by Crippen LogP contribution is 2.23. The molecule has 0 atom stereocenters. The normalized spacial score (nSPS) is 13.2. The average molecular weight is 344 g/mol. The van der Waals surface area contributed by atoms with Crippen LogP contribution in [-0.2, 0) is 13.0 Å². The predicted molar refractivity (Wildman–Crippen MR) is 102 cm³/mol. The number of carbonyl (C=O) groups excluding carboxylic acids is 1. The Balaban J connectivity index is 1.46. The van der Waals surface area contributed by atoms with Gasteiger partial charge in [-0.1, -0.05) is 42.5 Å². The molecule has 3 aromatic rings. The van der Waals surface area contributed by atoms with Crippen molar-refractivity contribution in [1.29, 1.82) is 0 Å². The van der Waals surface area contributed by atoms with Gasteiger partial charge in [0.25, 0.3) is 5.91 Å². The Labute approximate surface area is 152 Å². The van der Waals surface area contributed by atoms with E-state index in [1.807, 2.05) is 31.2 Å². The van der Waals surface area contributed by atoms with Crippen molar-refractivity contribution in [2.45, 2.75) is 19.9 Å². The number of anilines is 2. The summed E-state index contributed by atoms with van der Waals surface area (Å²) in [5.74, 6) is 1.12. The van der Waals surface area contributed by atoms with E-state index in [1.54, 1.807) is 12.1 Å². The summed E-state index contributed by atoms with van der Waals surface area (Å²) < 4.78 is 0. The van der Waals surface area contributed by atoms with Crippen LogP contribution in [0.5, 0.6) is 0 Å². The number of nitrogens with one attached hydrogen (secondary N) is 1. The molecule has 0 unspecified atom stereocenters. The molecule has 2 aromatic carbocycles. The van der Waals surface area contributed by atoms with Gasteiger partial charge in [0.15, 0.2) is 11.6 Å². The van der Waals surface area contributed by atoms with Crippen molar-refractivity contribution < 1.29 is 4.79 Å². The molecule has 1 aliphatic rings. The molecule has 0 aliphatic carbocycles. The van der Waals surface area contributed by atoms with Crippen LogP contribution < -0.4 is 10.2 Å². The summed E-state index contributed by atoms with van der Waals surface area (Å²) in [7, 11) is 0. The van der Waals surface area contributed by atoms with Crippen molar-refractivity contribution in [2.24, 2.45) is 0 Å². The molecule has 5 nitrogen and oxygen atoms in total. The van der Waals surface area contributed by atoms with Gasteiger partial charge < -0.3 is 10.2 Å². The summed E-state index contributed by atoms with van der Waals surface area (Å²) in [4.78, 5) is 14.6. The number of hydrogen-bond acceptors (Lipinski definition) is 4. The van der Waals surface area contributed by atoms with Crippen molar-refractivity contribution in [3.05, 3.63) is 82.9 Å². The minimum Gasteiger partial charge on any atom is -0.350 e. The molecule has 130 valence electrons. The maximum absolute atomic E-state index is 12.4. The SMILES string of the molecule is Cc1ccccc1C(=O)Nc1ccc(N2CCc3ccccc3C2)nn1. The van der Waals surface area contributed by atoms with Crippen molar-refractivity contribution in [3.8, 4) is 0 Å². The number of rotatable bonds is 3. The Morgan fingerprint density at radius 2 is 1.73 bits per heavy atom. The minimum absolute atomic E-state index is 0.169. The van der Waals surface area contributed by atoms with Crippen LogP contribution in [0.3, 0.4) is 0 Å². The van der Waals surface area contributed by atoms with Crippen molar-refractivity contribution in [2.75, 3.05) is 16.8 Å². The Morgan fingerprint density at radius 1 is 0.962 bits per heavy atom. The summed E-state index contributed by atoms with van der Waals surface area (Å²) >= 11 is 0. The van der Waals surface area contributed by atoms with E-state index in [9.17, 15) is 4.79 Å². The second-order valence-electron chi connectivity index (χ2n) is 6.49. The Kier molecular flexibility index (Phi) is 4.35. The van der Waals surface area contributed by atoms with Crippen molar-refractivity contribution in [1.82, 2.24) is 10.2 Å². The number of aromatic nitrogens is 2. The summed E-state index contributed by atoms with van der Waals surface area (Å²) in [6.45, 7) is 3.66. The lowest BCUT2D eigenvalue weighted by Gasteiger charge is -2.29. The van der Waals surface area contributed by atoms with Crippen LogP contribution in [0.1, 0.15) is 27.0 Å². The topological polar surface area (TPSA) is 58.1 Å². The molecule has 4 rings (SSSR count). The molecule has 0 saturated heterocycles. The van der Waals surface area contributed by atoms with Crippen LogP contribution in [0.15, 0.2) is 60.7 Å². The summed E-state index contributed by atoms with van der Waals surface area (Å²) in [5, 5.41) is 11.3. The Hall–Kier alpha value is -3.21. The number of fused-ring (bicyclic) bond motifs is 1. The molecule has 2 heterocycles. The van der Waals surface area contributed by atoms with E-state index in [0.29, 0.717) is 11.4 Å². The largest absolute Gasteiger partial charge is 0.350 e. The second kappa shape index (κ2) is 6.96. The van der Waals surface area contributed by atoms with E-state index in [4.69, 9.17) is 0 Å². The number of carbonyl (C=O) groups is 1. The monoisotopic (exact) mass is 344 g/mol. The molecule has 1 N–H and O–H groups in total. The molecule has 5 heteroatoms. The predicted octanol–water partition coefficient (Wildman–Crippen LogP) is 3.60. The highest BCUT2D eigenvalue weighted by molar-refractivity contribution is 6.04. The fraction of sp³-hybridized carbons (Fsp3) is 0.190. The lowest BCUT2D eigenvalue weighted by molar-refractivity contribution is 0.102. The molecule has 0 spiro atoms. The zero-order chi connectivity index (χ0) is 17.9. The highest BCUT2D eigenvalue weighted by atomic mass is 16.1. The first-order chi connectivity index (χ1) is 12.7. The van der Waals surface area contributed by atoms with Gasteiger partial charge in [-0.05, 0) is 48.2 Å². The highest BCUT2D eigenvalue weighted by Gasteiger charge is 2.17.